The van der Waals surface area contributed by atoms with Crippen molar-refractivity contribution in [2.24, 2.45) is 0 Å². The first-order valence-corrected chi connectivity index (χ1v) is 7.41. The molecule has 126 valence electrons. The predicted molar refractivity (Wildman–Crippen MR) is 93.0 cm³/mol. The molecule has 0 unspecified atom stereocenters. The Morgan fingerprint density at radius 2 is 2.08 bits per heavy atom. The van der Waals surface area contributed by atoms with Crippen LogP contribution in [0.3, 0.4) is 0 Å². The number of halogens is 1. The highest BCUT2D eigenvalue weighted by Crippen LogP contribution is 2.27. The number of carbonyl (C=O) groups is 1. The second-order valence-electron chi connectivity index (χ2n) is 4.96. The maximum atomic E-state index is 12.0. The van der Waals surface area contributed by atoms with Crippen molar-refractivity contribution in [3.05, 3.63) is 57.1 Å². The second-order valence-corrected chi connectivity index (χ2v) is 5.37. The first kappa shape index (κ1) is 17.6. The molecule has 0 aromatic heterocycles. The number of carbonyl (C=O) groups excluding carboxylic acids is 1. The Labute approximate surface area is 143 Å². The van der Waals surface area contributed by atoms with Gasteiger partial charge in [0.15, 0.2) is 0 Å². The number of nitro benzene ring substituents is 1. The van der Waals surface area contributed by atoms with Crippen molar-refractivity contribution >= 4 is 34.6 Å². The molecule has 2 N–H and O–H groups in total. The van der Waals surface area contributed by atoms with Gasteiger partial charge in [-0.25, -0.2) is 0 Å². The molecular weight excluding hydrogens is 334 g/mol. The number of rotatable bonds is 6. The molecule has 0 fully saturated rings. The van der Waals surface area contributed by atoms with Crippen LogP contribution in [0, 0.1) is 17.0 Å². The smallest absolute Gasteiger partial charge is 0.274 e. The largest absolute Gasteiger partial charge is 0.495 e. The lowest BCUT2D eigenvalue weighted by Crippen LogP contribution is -2.22. The molecule has 0 aliphatic rings. The van der Waals surface area contributed by atoms with Crippen molar-refractivity contribution < 1.29 is 14.5 Å². The van der Waals surface area contributed by atoms with E-state index in [1.54, 1.807) is 31.2 Å². The SMILES string of the molecule is COc1ccc(NCC(=O)Nc2cccc([N+](=O)[O-])c2C)cc1Cl. The lowest BCUT2D eigenvalue weighted by atomic mass is 10.1. The number of nitrogens with zero attached hydrogens (tertiary/aromatic N) is 1. The molecule has 24 heavy (non-hydrogen) atoms. The highest BCUT2D eigenvalue weighted by Gasteiger charge is 2.14. The molecule has 0 saturated carbocycles. The fourth-order valence-electron chi connectivity index (χ4n) is 2.11. The van der Waals surface area contributed by atoms with E-state index in [9.17, 15) is 14.9 Å². The number of anilines is 2. The summed E-state index contributed by atoms with van der Waals surface area (Å²) in [5, 5.41) is 16.9. The summed E-state index contributed by atoms with van der Waals surface area (Å²) in [5.74, 6) is 0.212. The molecular formula is C16H16ClN3O4. The third-order valence-electron chi connectivity index (χ3n) is 3.38. The van der Waals surface area contributed by atoms with Gasteiger partial charge in [0.1, 0.15) is 5.75 Å². The monoisotopic (exact) mass is 349 g/mol. The van der Waals surface area contributed by atoms with Crippen LogP contribution >= 0.6 is 11.6 Å². The fraction of sp³-hybridized carbons (Fsp3) is 0.188. The molecule has 0 bridgehead atoms. The number of ether oxygens (including phenoxy) is 1. The maximum Gasteiger partial charge on any atom is 0.274 e. The lowest BCUT2D eigenvalue weighted by Gasteiger charge is -2.11. The van der Waals surface area contributed by atoms with Crippen LogP contribution in [0.1, 0.15) is 5.56 Å². The summed E-state index contributed by atoms with van der Waals surface area (Å²) >= 11 is 6.01. The molecule has 0 heterocycles. The minimum atomic E-state index is -0.484. The van der Waals surface area contributed by atoms with E-state index in [0.29, 0.717) is 27.7 Å². The van der Waals surface area contributed by atoms with Crippen molar-refractivity contribution in [1.29, 1.82) is 0 Å². The van der Waals surface area contributed by atoms with E-state index >= 15 is 0 Å². The minimum Gasteiger partial charge on any atom is -0.495 e. The normalized spacial score (nSPS) is 10.1. The molecule has 0 aliphatic carbocycles. The molecule has 0 radical (unpaired) electrons. The molecule has 8 heteroatoms. The number of nitrogens with one attached hydrogen (secondary N) is 2. The van der Waals surface area contributed by atoms with Gasteiger partial charge in [0.2, 0.25) is 5.91 Å². The van der Waals surface area contributed by atoms with Gasteiger partial charge in [-0.05, 0) is 31.2 Å². The van der Waals surface area contributed by atoms with Crippen molar-refractivity contribution in [3.63, 3.8) is 0 Å². The van der Waals surface area contributed by atoms with Gasteiger partial charge in [-0.2, -0.15) is 0 Å². The zero-order chi connectivity index (χ0) is 17.7. The number of hydrogen-bond acceptors (Lipinski definition) is 5. The lowest BCUT2D eigenvalue weighted by molar-refractivity contribution is -0.385. The van der Waals surface area contributed by atoms with E-state index in [2.05, 4.69) is 10.6 Å². The Morgan fingerprint density at radius 1 is 1.33 bits per heavy atom. The predicted octanol–water partition coefficient (Wildman–Crippen LogP) is 3.62. The summed E-state index contributed by atoms with van der Waals surface area (Å²) in [6.07, 6.45) is 0. The Balaban J connectivity index is 2.00. The van der Waals surface area contributed by atoms with Gasteiger partial charge in [0, 0.05) is 11.8 Å². The van der Waals surface area contributed by atoms with Crippen molar-refractivity contribution in [1.82, 2.24) is 0 Å². The minimum absolute atomic E-state index is 0.00914. The summed E-state index contributed by atoms with van der Waals surface area (Å²) in [5.41, 5.74) is 1.43. The Hall–Kier alpha value is -2.80. The fourth-order valence-corrected chi connectivity index (χ4v) is 2.37. The Bertz CT molecular complexity index is 780. The van der Waals surface area contributed by atoms with Gasteiger partial charge >= 0.3 is 0 Å². The average Bonchev–Trinajstić information content (AvgIpc) is 2.54. The van der Waals surface area contributed by atoms with Crippen LogP contribution in [0.5, 0.6) is 5.75 Å². The summed E-state index contributed by atoms with van der Waals surface area (Å²) in [6.45, 7) is 1.58. The standard InChI is InChI=1S/C16H16ClN3O4/c1-10-13(4-3-5-14(10)20(22)23)19-16(21)9-18-11-6-7-15(24-2)12(17)8-11/h3-8,18H,9H2,1-2H3,(H,19,21). The second kappa shape index (κ2) is 7.65. The van der Waals surface area contributed by atoms with Gasteiger partial charge in [-0.1, -0.05) is 17.7 Å². The number of nitro groups is 1. The van der Waals surface area contributed by atoms with Crippen LogP contribution in [0.25, 0.3) is 0 Å². The van der Waals surface area contributed by atoms with Crippen LogP contribution in [-0.4, -0.2) is 24.5 Å². The molecule has 1 amide bonds. The summed E-state index contributed by atoms with van der Waals surface area (Å²) < 4.78 is 5.05. The van der Waals surface area contributed by atoms with Crippen molar-refractivity contribution in [2.75, 3.05) is 24.3 Å². The molecule has 2 rings (SSSR count). The van der Waals surface area contributed by atoms with E-state index in [1.807, 2.05) is 0 Å². The molecule has 0 spiro atoms. The van der Waals surface area contributed by atoms with E-state index in [1.165, 1.54) is 19.2 Å². The topological polar surface area (TPSA) is 93.5 Å². The van der Waals surface area contributed by atoms with Crippen LogP contribution < -0.4 is 15.4 Å². The van der Waals surface area contributed by atoms with Crippen molar-refractivity contribution in [3.8, 4) is 5.75 Å². The highest BCUT2D eigenvalue weighted by molar-refractivity contribution is 6.32. The quantitative estimate of drug-likeness (QED) is 0.613. The number of methoxy groups -OCH3 is 1. The van der Waals surface area contributed by atoms with Crippen LogP contribution in [0.15, 0.2) is 36.4 Å². The van der Waals surface area contributed by atoms with Gasteiger partial charge in [0.05, 0.1) is 34.9 Å². The number of hydrogen-bond donors (Lipinski definition) is 2. The Morgan fingerprint density at radius 3 is 2.71 bits per heavy atom. The third kappa shape index (κ3) is 4.14. The Kier molecular flexibility index (Phi) is 5.59. The van der Waals surface area contributed by atoms with E-state index in [0.717, 1.165) is 0 Å². The molecule has 0 aliphatic heterocycles. The van der Waals surface area contributed by atoms with Gasteiger partial charge in [-0.15, -0.1) is 0 Å². The molecule has 7 nitrogen and oxygen atoms in total. The molecule has 2 aromatic carbocycles. The maximum absolute atomic E-state index is 12.0. The number of benzene rings is 2. The number of amides is 1. The third-order valence-corrected chi connectivity index (χ3v) is 3.68. The van der Waals surface area contributed by atoms with Crippen LogP contribution in [0.2, 0.25) is 5.02 Å². The van der Waals surface area contributed by atoms with E-state index < -0.39 is 4.92 Å². The summed E-state index contributed by atoms with van der Waals surface area (Å²) in [4.78, 5) is 22.5. The zero-order valence-electron chi connectivity index (χ0n) is 13.1. The highest BCUT2D eigenvalue weighted by atomic mass is 35.5. The zero-order valence-corrected chi connectivity index (χ0v) is 13.9. The molecule has 0 atom stereocenters. The van der Waals surface area contributed by atoms with Gasteiger partial charge in [-0.3, -0.25) is 14.9 Å². The van der Waals surface area contributed by atoms with E-state index in [-0.39, 0.29) is 18.1 Å². The first-order valence-electron chi connectivity index (χ1n) is 7.03. The van der Waals surface area contributed by atoms with Gasteiger partial charge < -0.3 is 15.4 Å². The van der Waals surface area contributed by atoms with Crippen LogP contribution in [0.4, 0.5) is 17.1 Å². The first-order chi connectivity index (χ1) is 11.4. The van der Waals surface area contributed by atoms with E-state index in [4.69, 9.17) is 16.3 Å². The average molecular weight is 350 g/mol. The molecule has 0 saturated heterocycles. The summed E-state index contributed by atoms with van der Waals surface area (Å²) in [6, 6.07) is 9.60. The molecule has 2 aromatic rings. The van der Waals surface area contributed by atoms with Gasteiger partial charge in [0.25, 0.3) is 5.69 Å². The summed E-state index contributed by atoms with van der Waals surface area (Å²) in [7, 11) is 1.52. The van der Waals surface area contributed by atoms with Crippen molar-refractivity contribution in [2.45, 2.75) is 6.92 Å². The van der Waals surface area contributed by atoms with Crippen LogP contribution in [-0.2, 0) is 4.79 Å².